The zero-order valence-electron chi connectivity index (χ0n) is 10.3. The van der Waals surface area contributed by atoms with Crippen molar-refractivity contribution < 1.29 is 8.91 Å². The summed E-state index contributed by atoms with van der Waals surface area (Å²) in [6, 6.07) is 13.9. The molecule has 0 radical (unpaired) electrons. The van der Waals surface area contributed by atoms with E-state index >= 15 is 0 Å². The standard InChI is InChI=1S/C15H10BrFN2O/c16-10-7-5-9(6-8-10)13-14(20-19-15(13)18)11-3-1-2-4-12(11)17/h1-8H,(H2,18,19). The summed E-state index contributed by atoms with van der Waals surface area (Å²) in [6.07, 6.45) is 0. The molecule has 0 aliphatic heterocycles. The molecule has 100 valence electrons. The topological polar surface area (TPSA) is 52.0 Å². The Morgan fingerprint density at radius 1 is 1.05 bits per heavy atom. The van der Waals surface area contributed by atoms with Gasteiger partial charge in [0.2, 0.25) is 0 Å². The van der Waals surface area contributed by atoms with Crippen LogP contribution in [0.1, 0.15) is 0 Å². The first kappa shape index (κ1) is 12.9. The van der Waals surface area contributed by atoms with E-state index in [1.807, 2.05) is 24.3 Å². The number of nitrogens with two attached hydrogens (primary N) is 1. The fraction of sp³-hybridized carbons (Fsp3) is 0. The minimum Gasteiger partial charge on any atom is -0.380 e. The van der Waals surface area contributed by atoms with Gasteiger partial charge in [-0.3, -0.25) is 0 Å². The Morgan fingerprint density at radius 3 is 2.45 bits per heavy atom. The molecule has 0 saturated heterocycles. The number of halogens is 2. The van der Waals surface area contributed by atoms with E-state index in [9.17, 15) is 4.39 Å². The van der Waals surface area contributed by atoms with Gasteiger partial charge in [-0.1, -0.05) is 45.4 Å². The Hall–Kier alpha value is -2.14. The highest BCUT2D eigenvalue weighted by atomic mass is 79.9. The van der Waals surface area contributed by atoms with Crippen LogP contribution < -0.4 is 5.73 Å². The van der Waals surface area contributed by atoms with E-state index in [2.05, 4.69) is 21.1 Å². The normalized spacial score (nSPS) is 10.7. The summed E-state index contributed by atoms with van der Waals surface area (Å²) in [7, 11) is 0. The van der Waals surface area contributed by atoms with Crippen molar-refractivity contribution >= 4 is 21.7 Å². The van der Waals surface area contributed by atoms with E-state index in [0.29, 0.717) is 16.9 Å². The van der Waals surface area contributed by atoms with E-state index in [1.54, 1.807) is 18.2 Å². The van der Waals surface area contributed by atoms with E-state index in [-0.39, 0.29) is 11.6 Å². The van der Waals surface area contributed by atoms with Gasteiger partial charge in [-0.15, -0.1) is 0 Å². The lowest BCUT2D eigenvalue weighted by molar-refractivity contribution is 0.433. The van der Waals surface area contributed by atoms with Crippen LogP contribution in [-0.2, 0) is 0 Å². The smallest absolute Gasteiger partial charge is 0.179 e. The van der Waals surface area contributed by atoms with Gasteiger partial charge in [0.25, 0.3) is 0 Å². The van der Waals surface area contributed by atoms with E-state index in [4.69, 9.17) is 10.3 Å². The first-order valence-electron chi connectivity index (χ1n) is 5.93. The maximum absolute atomic E-state index is 13.9. The van der Waals surface area contributed by atoms with Gasteiger partial charge in [0.05, 0.1) is 11.1 Å². The second-order valence-corrected chi connectivity index (χ2v) is 5.17. The zero-order valence-corrected chi connectivity index (χ0v) is 11.9. The average molecular weight is 333 g/mol. The maximum Gasteiger partial charge on any atom is 0.179 e. The lowest BCUT2D eigenvalue weighted by atomic mass is 10.0. The van der Waals surface area contributed by atoms with E-state index < -0.39 is 0 Å². The van der Waals surface area contributed by atoms with Crippen molar-refractivity contribution in [3.05, 3.63) is 58.8 Å². The molecule has 1 aromatic heterocycles. The quantitative estimate of drug-likeness (QED) is 0.752. The van der Waals surface area contributed by atoms with E-state index in [1.165, 1.54) is 6.07 Å². The highest BCUT2D eigenvalue weighted by molar-refractivity contribution is 9.10. The molecule has 0 bridgehead atoms. The van der Waals surface area contributed by atoms with Crippen LogP contribution in [0.2, 0.25) is 0 Å². The van der Waals surface area contributed by atoms with Gasteiger partial charge in [0, 0.05) is 4.47 Å². The van der Waals surface area contributed by atoms with Crippen molar-refractivity contribution in [2.75, 3.05) is 5.73 Å². The van der Waals surface area contributed by atoms with Gasteiger partial charge in [0.1, 0.15) is 5.82 Å². The molecule has 5 heteroatoms. The van der Waals surface area contributed by atoms with Gasteiger partial charge in [-0.05, 0) is 29.8 Å². The molecule has 0 saturated carbocycles. The summed E-state index contributed by atoms with van der Waals surface area (Å²) < 4.78 is 20.1. The van der Waals surface area contributed by atoms with Crippen molar-refractivity contribution in [2.24, 2.45) is 0 Å². The number of hydrogen-bond donors (Lipinski definition) is 1. The Bertz CT molecular complexity index is 753. The molecule has 0 atom stereocenters. The Balaban J connectivity index is 2.20. The molecule has 0 spiro atoms. The first-order chi connectivity index (χ1) is 9.66. The third-order valence-corrected chi connectivity index (χ3v) is 3.50. The van der Waals surface area contributed by atoms with Gasteiger partial charge in [-0.2, -0.15) is 0 Å². The van der Waals surface area contributed by atoms with Crippen LogP contribution >= 0.6 is 15.9 Å². The summed E-state index contributed by atoms with van der Waals surface area (Å²) in [5.41, 5.74) is 7.63. The van der Waals surface area contributed by atoms with Crippen LogP contribution in [0.4, 0.5) is 10.2 Å². The highest BCUT2D eigenvalue weighted by Crippen LogP contribution is 2.37. The van der Waals surface area contributed by atoms with Crippen LogP contribution in [0.3, 0.4) is 0 Å². The van der Waals surface area contributed by atoms with E-state index in [0.717, 1.165) is 10.0 Å². The molecule has 0 aliphatic carbocycles. The van der Waals surface area contributed by atoms with Crippen LogP contribution in [0.25, 0.3) is 22.5 Å². The monoisotopic (exact) mass is 332 g/mol. The molecule has 2 N–H and O–H groups in total. The number of benzene rings is 2. The molecule has 3 nitrogen and oxygen atoms in total. The van der Waals surface area contributed by atoms with Gasteiger partial charge in [-0.25, -0.2) is 4.39 Å². The number of nitrogens with zero attached hydrogens (tertiary/aromatic N) is 1. The third kappa shape index (κ3) is 2.20. The number of anilines is 1. The fourth-order valence-corrected chi connectivity index (χ4v) is 2.29. The number of hydrogen-bond acceptors (Lipinski definition) is 3. The lowest BCUT2D eigenvalue weighted by Crippen LogP contribution is -1.90. The predicted molar refractivity (Wildman–Crippen MR) is 79.4 cm³/mol. The zero-order chi connectivity index (χ0) is 14.1. The van der Waals surface area contributed by atoms with Crippen LogP contribution in [0, 0.1) is 5.82 Å². The third-order valence-electron chi connectivity index (χ3n) is 2.97. The van der Waals surface area contributed by atoms with Gasteiger partial charge < -0.3 is 10.3 Å². The minimum absolute atomic E-state index is 0.241. The highest BCUT2D eigenvalue weighted by Gasteiger charge is 2.19. The van der Waals surface area contributed by atoms with Gasteiger partial charge >= 0.3 is 0 Å². The van der Waals surface area contributed by atoms with Crippen molar-refractivity contribution in [1.29, 1.82) is 0 Å². The van der Waals surface area contributed by atoms with Gasteiger partial charge in [0.15, 0.2) is 11.6 Å². The molecule has 20 heavy (non-hydrogen) atoms. The molecular weight excluding hydrogens is 323 g/mol. The van der Waals surface area contributed by atoms with Crippen LogP contribution in [-0.4, -0.2) is 5.16 Å². The lowest BCUT2D eigenvalue weighted by Gasteiger charge is -2.04. The molecule has 3 aromatic rings. The summed E-state index contributed by atoms with van der Waals surface area (Å²) in [5, 5.41) is 3.76. The summed E-state index contributed by atoms with van der Waals surface area (Å²) in [6.45, 7) is 0. The number of rotatable bonds is 2. The molecule has 0 unspecified atom stereocenters. The Labute approximate surface area is 123 Å². The van der Waals surface area contributed by atoms with Crippen molar-refractivity contribution in [3.63, 3.8) is 0 Å². The SMILES string of the molecule is Nc1noc(-c2ccccc2F)c1-c1ccc(Br)cc1. The van der Waals surface area contributed by atoms with Crippen molar-refractivity contribution in [1.82, 2.24) is 5.16 Å². The molecule has 3 rings (SSSR count). The van der Waals surface area contributed by atoms with Crippen molar-refractivity contribution in [3.8, 4) is 22.5 Å². The molecule has 1 heterocycles. The Morgan fingerprint density at radius 2 is 1.75 bits per heavy atom. The second-order valence-electron chi connectivity index (χ2n) is 4.26. The second kappa shape index (κ2) is 5.09. The molecule has 0 fully saturated rings. The maximum atomic E-state index is 13.9. The summed E-state index contributed by atoms with van der Waals surface area (Å²) >= 11 is 3.37. The Kier molecular flexibility index (Phi) is 3.28. The molecule has 0 aliphatic rings. The summed E-state index contributed by atoms with van der Waals surface area (Å²) in [5.74, 6) is 0.204. The molecule has 0 amide bonds. The number of nitrogen functional groups attached to an aromatic ring is 1. The van der Waals surface area contributed by atoms with Crippen molar-refractivity contribution in [2.45, 2.75) is 0 Å². The molecular formula is C15H10BrFN2O. The predicted octanol–water partition coefficient (Wildman–Crippen LogP) is 4.49. The number of aromatic nitrogens is 1. The minimum atomic E-state index is -0.373. The largest absolute Gasteiger partial charge is 0.380 e. The molecule has 2 aromatic carbocycles. The first-order valence-corrected chi connectivity index (χ1v) is 6.72. The fourth-order valence-electron chi connectivity index (χ4n) is 2.03. The van der Waals surface area contributed by atoms with Crippen LogP contribution in [0.15, 0.2) is 57.5 Å². The average Bonchev–Trinajstić information content (AvgIpc) is 2.82. The van der Waals surface area contributed by atoms with Crippen LogP contribution in [0.5, 0.6) is 0 Å². The summed E-state index contributed by atoms with van der Waals surface area (Å²) in [4.78, 5) is 0.